The SMILES string of the molecule is CC1(Nc2c([N+](=O)[O-])cnc3ccccc23)CCNCC1. The minimum absolute atomic E-state index is 0.0356. The van der Waals surface area contributed by atoms with E-state index in [1.54, 1.807) is 0 Å². The molecule has 2 aromatic rings. The molecule has 110 valence electrons. The molecule has 0 bridgehead atoms. The Hall–Kier alpha value is -2.21. The summed E-state index contributed by atoms with van der Waals surface area (Å²) in [6, 6.07) is 7.51. The van der Waals surface area contributed by atoms with Crippen LogP contribution in [0.15, 0.2) is 30.5 Å². The number of anilines is 1. The van der Waals surface area contributed by atoms with E-state index in [1.165, 1.54) is 6.20 Å². The van der Waals surface area contributed by atoms with Gasteiger partial charge >= 0.3 is 5.69 Å². The zero-order valence-corrected chi connectivity index (χ0v) is 11.9. The van der Waals surface area contributed by atoms with Gasteiger partial charge in [-0.2, -0.15) is 0 Å². The van der Waals surface area contributed by atoms with Gasteiger partial charge in [0.05, 0.1) is 10.4 Å². The lowest BCUT2D eigenvalue weighted by atomic mass is 9.90. The fourth-order valence-corrected chi connectivity index (χ4v) is 2.81. The predicted octanol–water partition coefficient (Wildman–Crippen LogP) is 2.70. The first-order valence-corrected chi connectivity index (χ1v) is 7.10. The lowest BCUT2D eigenvalue weighted by Crippen LogP contribution is -2.45. The van der Waals surface area contributed by atoms with Crippen molar-refractivity contribution in [2.24, 2.45) is 0 Å². The van der Waals surface area contributed by atoms with Crippen LogP contribution in [0.25, 0.3) is 10.9 Å². The first-order chi connectivity index (χ1) is 10.1. The third-order valence-electron chi connectivity index (χ3n) is 4.09. The number of fused-ring (bicyclic) bond motifs is 1. The van der Waals surface area contributed by atoms with Crippen LogP contribution in [0.5, 0.6) is 0 Å². The van der Waals surface area contributed by atoms with Crippen molar-refractivity contribution in [3.05, 3.63) is 40.6 Å². The molecule has 0 unspecified atom stereocenters. The van der Waals surface area contributed by atoms with Gasteiger partial charge in [-0.25, -0.2) is 4.98 Å². The Labute approximate surface area is 122 Å². The number of nitro groups is 1. The van der Waals surface area contributed by atoms with Crippen molar-refractivity contribution in [1.82, 2.24) is 10.3 Å². The molecule has 1 aliphatic heterocycles. The molecule has 2 heterocycles. The average molecular weight is 286 g/mol. The number of piperidine rings is 1. The summed E-state index contributed by atoms with van der Waals surface area (Å²) in [5.74, 6) is 0. The van der Waals surface area contributed by atoms with Crippen molar-refractivity contribution >= 4 is 22.3 Å². The van der Waals surface area contributed by atoms with Crippen molar-refractivity contribution in [2.75, 3.05) is 18.4 Å². The maximum absolute atomic E-state index is 11.3. The Kier molecular flexibility index (Phi) is 3.47. The molecule has 1 saturated heterocycles. The molecule has 6 nitrogen and oxygen atoms in total. The number of rotatable bonds is 3. The van der Waals surface area contributed by atoms with Gasteiger partial charge in [-0.1, -0.05) is 18.2 Å². The average Bonchev–Trinajstić information content (AvgIpc) is 2.47. The van der Waals surface area contributed by atoms with Gasteiger partial charge in [-0.15, -0.1) is 0 Å². The Morgan fingerprint density at radius 2 is 2.05 bits per heavy atom. The maximum atomic E-state index is 11.3. The fraction of sp³-hybridized carbons (Fsp3) is 0.400. The van der Waals surface area contributed by atoms with Crippen LogP contribution in [0.3, 0.4) is 0 Å². The summed E-state index contributed by atoms with van der Waals surface area (Å²) in [6.45, 7) is 3.95. The highest BCUT2D eigenvalue weighted by atomic mass is 16.6. The second kappa shape index (κ2) is 5.29. The van der Waals surface area contributed by atoms with E-state index in [-0.39, 0.29) is 16.1 Å². The summed E-state index contributed by atoms with van der Waals surface area (Å²) < 4.78 is 0. The monoisotopic (exact) mass is 286 g/mol. The van der Waals surface area contributed by atoms with E-state index in [4.69, 9.17) is 0 Å². The van der Waals surface area contributed by atoms with E-state index < -0.39 is 0 Å². The molecule has 0 atom stereocenters. The summed E-state index contributed by atoms with van der Waals surface area (Å²) in [7, 11) is 0. The van der Waals surface area contributed by atoms with Crippen LogP contribution >= 0.6 is 0 Å². The first-order valence-electron chi connectivity index (χ1n) is 7.10. The molecule has 6 heteroatoms. The van der Waals surface area contributed by atoms with Gasteiger partial charge in [0, 0.05) is 10.9 Å². The number of nitrogens with one attached hydrogen (secondary N) is 2. The molecule has 21 heavy (non-hydrogen) atoms. The third-order valence-corrected chi connectivity index (χ3v) is 4.09. The van der Waals surface area contributed by atoms with Gasteiger partial charge in [-0.3, -0.25) is 10.1 Å². The summed E-state index contributed by atoms with van der Waals surface area (Å²) in [5, 5.41) is 18.9. The fourth-order valence-electron chi connectivity index (χ4n) is 2.81. The van der Waals surface area contributed by atoms with Crippen LogP contribution in [0.1, 0.15) is 19.8 Å². The molecule has 1 aromatic carbocycles. The van der Waals surface area contributed by atoms with E-state index in [9.17, 15) is 10.1 Å². The second-order valence-corrected chi connectivity index (χ2v) is 5.73. The van der Waals surface area contributed by atoms with Gasteiger partial charge in [0.2, 0.25) is 0 Å². The minimum Gasteiger partial charge on any atom is -0.374 e. The number of aromatic nitrogens is 1. The maximum Gasteiger partial charge on any atom is 0.311 e. The molecular formula is C15H18N4O2. The number of hydrogen-bond acceptors (Lipinski definition) is 5. The molecule has 2 N–H and O–H groups in total. The summed E-state index contributed by atoms with van der Waals surface area (Å²) in [4.78, 5) is 15.1. The smallest absolute Gasteiger partial charge is 0.311 e. The summed E-state index contributed by atoms with van der Waals surface area (Å²) in [6.07, 6.45) is 3.21. The number of benzene rings is 1. The first kappa shape index (κ1) is 13.8. The van der Waals surface area contributed by atoms with Gasteiger partial charge < -0.3 is 10.6 Å². The highest BCUT2D eigenvalue weighted by molar-refractivity contribution is 5.95. The highest BCUT2D eigenvalue weighted by Gasteiger charge is 2.30. The molecule has 0 saturated carbocycles. The van der Waals surface area contributed by atoms with E-state index in [2.05, 4.69) is 22.5 Å². The Balaban J connectivity index is 2.10. The second-order valence-electron chi connectivity index (χ2n) is 5.73. The Morgan fingerprint density at radius 1 is 1.33 bits per heavy atom. The molecule has 0 spiro atoms. The minimum atomic E-state index is -0.369. The lowest BCUT2D eigenvalue weighted by Gasteiger charge is -2.36. The zero-order chi connectivity index (χ0) is 14.9. The van der Waals surface area contributed by atoms with E-state index in [0.29, 0.717) is 5.69 Å². The van der Waals surface area contributed by atoms with Crippen molar-refractivity contribution in [3.63, 3.8) is 0 Å². The van der Waals surface area contributed by atoms with E-state index in [1.807, 2.05) is 24.3 Å². The van der Waals surface area contributed by atoms with Gasteiger partial charge in [0.15, 0.2) is 0 Å². The largest absolute Gasteiger partial charge is 0.374 e. The van der Waals surface area contributed by atoms with E-state index >= 15 is 0 Å². The molecule has 0 amide bonds. The van der Waals surface area contributed by atoms with Crippen LogP contribution < -0.4 is 10.6 Å². The lowest BCUT2D eigenvalue weighted by molar-refractivity contribution is -0.384. The standard InChI is InChI=1S/C15H18N4O2/c1-15(6-8-16-9-7-15)18-14-11-4-2-3-5-12(11)17-10-13(14)19(20)21/h2-5,10,16H,6-9H2,1H3,(H,17,18). The van der Waals surface area contributed by atoms with Crippen LogP contribution in [0.2, 0.25) is 0 Å². The molecular weight excluding hydrogens is 268 g/mol. The molecule has 3 rings (SSSR count). The van der Waals surface area contributed by atoms with E-state index in [0.717, 1.165) is 36.8 Å². The van der Waals surface area contributed by atoms with Crippen LogP contribution in [0.4, 0.5) is 11.4 Å². The van der Waals surface area contributed by atoms with Gasteiger partial charge in [0.1, 0.15) is 11.9 Å². The van der Waals surface area contributed by atoms with Gasteiger partial charge in [0.25, 0.3) is 0 Å². The van der Waals surface area contributed by atoms with Crippen molar-refractivity contribution < 1.29 is 4.92 Å². The Bertz CT molecular complexity index is 680. The van der Waals surface area contributed by atoms with Crippen LogP contribution in [-0.2, 0) is 0 Å². The van der Waals surface area contributed by atoms with Crippen molar-refractivity contribution in [2.45, 2.75) is 25.3 Å². The molecule has 0 radical (unpaired) electrons. The zero-order valence-electron chi connectivity index (χ0n) is 11.9. The predicted molar refractivity (Wildman–Crippen MR) is 82.5 cm³/mol. The topological polar surface area (TPSA) is 80.1 Å². The van der Waals surface area contributed by atoms with Gasteiger partial charge in [-0.05, 0) is 38.9 Å². The van der Waals surface area contributed by atoms with Crippen molar-refractivity contribution in [3.8, 4) is 0 Å². The normalized spacial score (nSPS) is 17.6. The summed E-state index contributed by atoms with van der Waals surface area (Å²) >= 11 is 0. The quantitative estimate of drug-likeness (QED) is 0.670. The number of pyridine rings is 1. The molecule has 1 aliphatic rings. The molecule has 1 fully saturated rings. The third kappa shape index (κ3) is 2.67. The highest BCUT2D eigenvalue weighted by Crippen LogP contribution is 2.35. The van der Waals surface area contributed by atoms with Crippen molar-refractivity contribution in [1.29, 1.82) is 0 Å². The number of hydrogen-bond donors (Lipinski definition) is 2. The number of para-hydroxylation sites is 1. The number of nitrogens with zero attached hydrogens (tertiary/aromatic N) is 2. The van der Waals surface area contributed by atoms with Crippen LogP contribution in [0, 0.1) is 10.1 Å². The molecule has 1 aromatic heterocycles. The molecule has 0 aliphatic carbocycles. The summed E-state index contributed by atoms with van der Waals surface area (Å²) in [5.41, 5.74) is 1.24. The Morgan fingerprint density at radius 3 is 2.76 bits per heavy atom. The van der Waals surface area contributed by atoms with Crippen LogP contribution in [-0.4, -0.2) is 28.5 Å².